The van der Waals surface area contributed by atoms with Crippen LogP contribution in [0.4, 0.5) is 17.3 Å². The SMILES string of the molecule is Cc1ccc(-c2c(C#N)c(N)nc3sc(C(=O)c4ccc(S(=O)(=O)Nc5cc(C)on5)cc4)c(N)c23)cc1. The van der Waals surface area contributed by atoms with Gasteiger partial charge in [0.15, 0.2) is 5.82 Å². The summed E-state index contributed by atoms with van der Waals surface area (Å²) in [5.41, 5.74) is 15.4. The molecule has 0 aliphatic carbocycles. The highest BCUT2D eigenvalue weighted by atomic mass is 32.2. The Morgan fingerprint density at radius 1 is 1.08 bits per heavy atom. The number of sulfonamides is 1. The van der Waals surface area contributed by atoms with E-state index in [0.717, 1.165) is 22.5 Å². The Bertz CT molecular complexity index is 1870. The lowest BCUT2D eigenvalue weighted by Crippen LogP contribution is -2.13. The van der Waals surface area contributed by atoms with Gasteiger partial charge in [-0.25, -0.2) is 13.4 Å². The number of nitriles is 1. The summed E-state index contributed by atoms with van der Waals surface area (Å²) in [6.07, 6.45) is 0. The molecule has 0 aliphatic heterocycles. The van der Waals surface area contributed by atoms with Crippen LogP contribution in [0.2, 0.25) is 0 Å². The lowest BCUT2D eigenvalue weighted by molar-refractivity contribution is 0.104. The number of nitrogens with one attached hydrogen (secondary N) is 1. The molecule has 3 heterocycles. The number of nitrogen functional groups attached to an aromatic ring is 2. The van der Waals surface area contributed by atoms with Crippen molar-refractivity contribution in [3.8, 4) is 17.2 Å². The number of aromatic nitrogens is 2. The zero-order chi connectivity index (χ0) is 27.2. The summed E-state index contributed by atoms with van der Waals surface area (Å²) in [6.45, 7) is 3.59. The first-order valence-electron chi connectivity index (χ1n) is 11.2. The number of ketones is 1. The summed E-state index contributed by atoms with van der Waals surface area (Å²) < 4.78 is 32.6. The highest BCUT2D eigenvalue weighted by Crippen LogP contribution is 2.43. The number of hydrogen-bond donors (Lipinski definition) is 3. The van der Waals surface area contributed by atoms with Crippen LogP contribution in [0.15, 0.2) is 64.0 Å². The number of rotatable bonds is 6. The molecule has 5 N–H and O–H groups in total. The van der Waals surface area contributed by atoms with Gasteiger partial charge in [-0.1, -0.05) is 35.0 Å². The number of nitrogens with two attached hydrogens (primary N) is 2. The maximum atomic E-state index is 13.4. The first kappa shape index (κ1) is 24.9. The molecule has 0 saturated carbocycles. The third-order valence-electron chi connectivity index (χ3n) is 5.86. The van der Waals surface area contributed by atoms with E-state index >= 15 is 0 Å². The summed E-state index contributed by atoms with van der Waals surface area (Å²) in [5, 5.41) is 13.9. The summed E-state index contributed by atoms with van der Waals surface area (Å²) >= 11 is 1.06. The maximum absolute atomic E-state index is 13.4. The van der Waals surface area contributed by atoms with E-state index in [1.165, 1.54) is 30.3 Å². The molecule has 5 rings (SSSR count). The zero-order valence-corrected chi connectivity index (χ0v) is 21.8. The van der Waals surface area contributed by atoms with Gasteiger partial charge in [-0.15, -0.1) is 11.3 Å². The number of hydrogen-bond acceptors (Lipinski definition) is 10. The number of benzene rings is 2. The Morgan fingerprint density at radius 2 is 1.76 bits per heavy atom. The highest BCUT2D eigenvalue weighted by molar-refractivity contribution is 7.92. The molecule has 0 radical (unpaired) electrons. The van der Waals surface area contributed by atoms with Crippen molar-refractivity contribution in [2.45, 2.75) is 18.7 Å². The van der Waals surface area contributed by atoms with E-state index in [1.807, 2.05) is 31.2 Å². The van der Waals surface area contributed by atoms with E-state index < -0.39 is 15.8 Å². The maximum Gasteiger partial charge on any atom is 0.263 e. The molecular weight excluding hydrogens is 524 g/mol. The molecular formula is C26H20N6O4S2. The topological polar surface area (TPSA) is 178 Å². The van der Waals surface area contributed by atoms with Crippen molar-refractivity contribution in [2.24, 2.45) is 0 Å². The van der Waals surface area contributed by atoms with E-state index in [-0.39, 0.29) is 38.2 Å². The number of fused-ring (bicyclic) bond motifs is 1. The van der Waals surface area contributed by atoms with Crippen LogP contribution < -0.4 is 16.2 Å². The lowest BCUT2D eigenvalue weighted by atomic mass is 9.96. The number of anilines is 3. The third-order valence-corrected chi connectivity index (χ3v) is 8.33. The largest absolute Gasteiger partial charge is 0.397 e. The molecule has 0 aliphatic rings. The quantitative estimate of drug-likeness (QED) is 0.257. The van der Waals surface area contributed by atoms with Gasteiger partial charge in [0, 0.05) is 22.6 Å². The molecule has 0 spiro atoms. The molecule has 0 bridgehead atoms. The minimum Gasteiger partial charge on any atom is -0.397 e. The fraction of sp³-hybridized carbons (Fsp3) is 0.0769. The number of thiophene rings is 1. The van der Waals surface area contributed by atoms with Crippen LogP contribution in [0, 0.1) is 25.2 Å². The minimum atomic E-state index is -3.95. The predicted octanol–water partition coefficient (Wildman–Crippen LogP) is 4.64. The van der Waals surface area contributed by atoms with Crippen LogP contribution in [-0.2, 0) is 10.0 Å². The van der Waals surface area contributed by atoms with E-state index in [9.17, 15) is 18.5 Å². The van der Waals surface area contributed by atoms with Crippen molar-refractivity contribution >= 4 is 54.7 Å². The summed E-state index contributed by atoms with van der Waals surface area (Å²) in [5.74, 6) is 0.128. The summed E-state index contributed by atoms with van der Waals surface area (Å²) in [6, 6.07) is 16.5. The fourth-order valence-electron chi connectivity index (χ4n) is 3.99. The number of aryl methyl sites for hydroxylation is 2. The molecule has 0 fully saturated rings. The second-order valence-corrected chi connectivity index (χ2v) is 11.2. The van der Waals surface area contributed by atoms with Gasteiger partial charge in [-0.05, 0) is 43.7 Å². The molecule has 2 aromatic carbocycles. The molecule has 3 aromatic heterocycles. The zero-order valence-electron chi connectivity index (χ0n) is 20.1. The van der Waals surface area contributed by atoms with Crippen LogP contribution >= 0.6 is 11.3 Å². The van der Waals surface area contributed by atoms with Crippen molar-refractivity contribution in [3.63, 3.8) is 0 Å². The average Bonchev–Trinajstić information content (AvgIpc) is 3.44. The van der Waals surface area contributed by atoms with Gasteiger partial charge in [0.25, 0.3) is 10.0 Å². The van der Waals surface area contributed by atoms with Crippen LogP contribution in [0.1, 0.15) is 32.1 Å². The molecule has 12 heteroatoms. The van der Waals surface area contributed by atoms with Crippen molar-refractivity contribution in [2.75, 3.05) is 16.2 Å². The van der Waals surface area contributed by atoms with Gasteiger partial charge in [-0.2, -0.15) is 5.26 Å². The van der Waals surface area contributed by atoms with Crippen molar-refractivity contribution < 1.29 is 17.7 Å². The molecule has 38 heavy (non-hydrogen) atoms. The first-order chi connectivity index (χ1) is 18.1. The smallest absolute Gasteiger partial charge is 0.263 e. The summed E-state index contributed by atoms with van der Waals surface area (Å²) in [4.78, 5) is 18.3. The number of pyridine rings is 1. The molecule has 10 nitrogen and oxygen atoms in total. The van der Waals surface area contributed by atoms with E-state index in [1.54, 1.807) is 6.92 Å². The predicted molar refractivity (Wildman–Crippen MR) is 145 cm³/mol. The Balaban J connectivity index is 1.55. The Morgan fingerprint density at radius 3 is 2.37 bits per heavy atom. The van der Waals surface area contributed by atoms with Gasteiger partial charge in [-0.3, -0.25) is 9.52 Å². The third kappa shape index (κ3) is 4.34. The minimum absolute atomic E-state index is 0.0418. The Labute approximate surface area is 221 Å². The van der Waals surface area contributed by atoms with Gasteiger partial charge in [0.05, 0.1) is 10.6 Å². The van der Waals surface area contributed by atoms with Gasteiger partial charge in [0.1, 0.15) is 32.9 Å². The lowest BCUT2D eigenvalue weighted by Gasteiger charge is -2.10. The van der Waals surface area contributed by atoms with Crippen LogP contribution in [0.5, 0.6) is 0 Å². The molecule has 0 saturated heterocycles. The van der Waals surface area contributed by atoms with Crippen LogP contribution in [-0.4, -0.2) is 24.3 Å². The molecule has 0 amide bonds. The monoisotopic (exact) mass is 544 g/mol. The van der Waals surface area contributed by atoms with Crippen LogP contribution in [0.3, 0.4) is 0 Å². The molecule has 0 atom stereocenters. The molecule has 5 aromatic rings. The fourth-order valence-corrected chi connectivity index (χ4v) is 6.05. The van der Waals surface area contributed by atoms with E-state index in [0.29, 0.717) is 21.5 Å². The van der Waals surface area contributed by atoms with Gasteiger partial charge in [0.2, 0.25) is 5.78 Å². The molecule has 190 valence electrons. The second-order valence-electron chi connectivity index (χ2n) is 8.53. The number of carbonyl (C=O) groups excluding carboxylic acids is 1. The van der Waals surface area contributed by atoms with E-state index in [4.69, 9.17) is 16.0 Å². The Kier molecular flexibility index (Phi) is 6.10. The van der Waals surface area contributed by atoms with Crippen molar-refractivity contribution in [1.82, 2.24) is 10.1 Å². The highest BCUT2D eigenvalue weighted by Gasteiger charge is 2.25. The number of carbonyl (C=O) groups is 1. The first-order valence-corrected chi connectivity index (χ1v) is 13.5. The van der Waals surface area contributed by atoms with Gasteiger partial charge < -0.3 is 16.0 Å². The van der Waals surface area contributed by atoms with Crippen molar-refractivity contribution in [1.29, 1.82) is 5.26 Å². The van der Waals surface area contributed by atoms with Gasteiger partial charge >= 0.3 is 0 Å². The normalized spacial score (nSPS) is 11.4. The summed E-state index contributed by atoms with van der Waals surface area (Å²) in [7, 11) is -3.95. The van der Waals surface area contributed by atoms with Crippen molar-refractivity contribution in [3.05, 3.63) is 81.9 Å². The number of nitrogens with zero attached hydrogens (tertiary/aromatic N) is 3. The standard InChI is InChI=1S/C26H20N6O4S2/c1-13-3-5-15(6-4-13)20-18(12-27)25(29)30-26-21(20)22(28)24(37-26)23(33)16-7-9-17(10-8-16)38(34,35)32-19-11-14(2)36-31-19/h3-11H,28H2,1-2H3,(H2,29,30)(H,31,32). The molecule has 0 unspecified atom stereocenters. The Hall–Kier alpha value is -4.73. The second kappa shape index (κ2) is 9.29. The average molecular weight is 545 g/mol. The van der Waals surface area contributed by atoms with Crippen LogP contribution in [0.25, 0.3) is 21.3 Å². The van der Waals surface area contributed by atoms with E-state index in [2.05, 4.69) is 20.9 Å².